The normalized spacial score (nSPS) is 11.7. The largest absolute Gasteiger partial charge is 0.497 e. The topological polar surface area (TPSA) is 106 Å². The number of benzene rings is 4. The molecule has 0 aliphatic heterocycles. The standard InChI is InChI=1S/C33H30ClN3O5S/c1-21(31(38)36-25-13-18-30(42-3)28(34)20-25)43-27-16-11-24(12-17-27)35-33(40)29(19-22-9-14-26(41-2)15-10-22)37-32(39)23-7-5-4-6-8-23/h4-21H,1-3H3,(H,35,40)(H,36,38)(H,37,39)/b29-19-. The van der Waals surface area contributed by atoms with E-state index in [0.29, 0.717) is 39.0 Å². The van der Waals surface area contributed by atoms with Crippen LogP contribution in [0.1, 0.15) is 22.8 Å². The van der Waals surface area contributed by atoms with Crippen LogP contribution in [0.4, 0.5) is 11.4 Å². The van der Waals surface area contributed by atoms with Gasteiger partial charge in [0.2, 0.25) is 5.91 Å². The Labute approximate surface area is 259 Å². The minimum absolute atomic E-state index is 0.0707. The number of carbonyl (C=O) groups excluding carboxylic acids is 3. The highest BCUT2D eigenvalue weighted by Crippen LogP contribution is 2.29. The molecule has 8 nitrogen and oxygen atoms in total. The molecule has 43 heavy (non-hydrogen) atoms. The Morgan fingerprint density at radius 1 is 0.814 bits per heavy atom. The van der Waals surface area contributed by atoms with E-state index in [1.807, 2.05) is 18.2 Å². The molecule has 0 spiro atoms. The summed E-state index contributed by atoms with van der Waals surface area (Å²) in [4.78, 5) is 39.7. The van der Waals surface area contributed by atoms with Gasteiger partial charge in [-0.3, -0.25) is 14.4 Å². The van der Waals surface area contributed by atoms with Crippen LogP contribution < -0.4 is 25.4 Å². The predicted octanol–water partition coefficient (Wildman–Crippen LogP) is 6.89. The number of nitrogens with one attached hydrogen (secondary N) is 3. The van der Waals surface area contributed by atoms with Crippen molar-refractivity contribution in [3.8, 4) is 11.5 Å². The molecule has 0 saturated carbocycles. The molecular formula is C33H30ClN3O5S. The van der Waals surface area contributed by atoms with Gasteiger partial charge < -0.3 is 25.4 Å². The van der Waals surface area contributed by atoms with Gasteiger partial charge in [-0.2, -0.15) is 0 Å². The monoisotopic (exact) mass is 615 g/mol. The zero-order valence-electron chi connectivity index (χ0n) is 23.7. The van der Waals surface area contributed by atoms with Crippen LogP contribution in [0.5, 0.6) is 11.5 Å². The highest BCUT2D eigenvalue weighted by Gasteiger charge is 2.17. The van der Waals surface area contributed by atoms with Gasteiger partial charge in [0.1, 0.15) is 17.2 Å². The number of hydrogen-bond donors (Lipinski definition) is 3. The molecular weight excluding hydrogens is 586 g/mol. The quantitative estimate of drug-likeness (QED) is 0.125. The van der Waals surface area contributed by atoms with Gasteiger partial charge in [-0.05, 0) is 85.3 Å². The molecule has 3 amide bonds. The van der Waals surface area contributed by atoms with Crippen molar-refractivity contribution < 1.29 is 23.9 Å². The molecule has 1 unspecified atom stereocenters. The summed E-state index contributed by atoms with van der Waals surface area (Å²) in [5.74, 6) is 0.103. The maximum atomic E-state index is 13.3. The molecule has 0 fully saturated rings. The minimum Gasteiger partial charge on any atom is -0.497 e. The van der Waals surface area contributed by atoms with Crippen molar-refractivity contribution in [1.82, 2.24) is 5.32 Å². The Hall–Kier alpha value is -4.73. The lowest BCUT2D eigenvalue weighted by atomic mass is 10.1. The molecule has 4 aromatic carbocycles. The van der Waals surface area contributed by atoms with Crippen molar-refractivity contribution in [3.05, 3.63) is 119 Å². The fourth-order valence-corrected chi connectivity index (χ4v) is 5.00. The second-order valence-corrected chi connectivity index (χ2v) is 11.0. The van der Waals surface area contributed by atoms with Gasteiger partial charge >= 0.3 is 0 Å². The van der Waals surface area contributed by atoms with E-state index in [0.717, 1.165) is 4.90 Å². The molecule has 10 heteroatoms. The number of anilines is 2. The third-order valence-electron chi connectivity index (χ3n) is 6.17. The average molecular weight is 616 g/mol. The van der Waals surface area contributed by atoms with Crippen molar-refractivity contribution in [3.63, 3.8) is 0 Å². The van der Waals surface area contributed by atoms with Crippen LogP contribution in [-0.2, 0) is 9.59 Å². The van der Waals surface area contributed by atoms with Crippen LogP contribution in [0.2, 0.25) is 5.02 Å². The van der Waals surface area contributed by atoms with Crippen molar-refractivity contribution in [1.29, 1.82) is 0 Å². The Kier molecular flexibility index (Phi) is 10.9. The van der Waals surface area contributed by atoms with Gasteiger partial charge in [-0.25, -0.2) is 0 Å². The molecule has 0 bridgehead atoms. The maximum Gasteiger partial charge on any atom is 0.272 e. The summed E-state index contributed by atoms with van der Waals surface area (Å²) in [6, 6.07) is 27.9. The molecule has 3 N–H and O–H groups in total. The maximum absolute atomic E-state index is 13.3. The number of amides is 3. The zero-order chi connectivity index (χ0) is 30.8. The highest BCUT2D eigenvalue weighted by atomic mass is 35.5. The Balaban J connectivity index is 1.42. The molecule has 0 radical (unpaired) electrons. The number of methoxy groups -OCH3 is 2. The van der Waals surface area contributed by atoms with E-state index in [1.54, 1.807) is 99.0 Å². The lowest BCUT2D eigenvalue weighted by Gasteiger charge is -2.14. The third-order valence-corrected chi connectivity index (χ3v) is 7.58. The number of carbonyl (C=O) groups is 3. The highest BCUT2D eigenvalue weighted by molar-refractivity contribution is 8.00. The van der Waals surface area contributed by atoms with Gasteiger partial charge in [0, 0.05) is 21.8 Å². The second-order valence-electron chi connectivity index (χ2n) is 9.23. The molecule has 0 saturated heterocycles. The molecule has 4 rings (SSSR count). The van der Waals surface area contributed by atoms with Gasteiger partial charge in [0.15, 0.2) is 0 Å². The first-order valence-electron chi connectivity index (χ1n) is 13.2. The summed E-state index contributed by atoms with van der Waals surface area (Å²) in [6.45, 7) is 1.80. The lowest BCUT2D eigenvalue weighted by Crippen LogP contribution is -2.30. The van der Waals surface area contributed by atoms with Crippen molar-refractivity contribution in [2.75, 3.05) is 24.9 Å². The SMILES string of the molecule is COc1ccc(/C=C(\NC(=O)c2ccccc2)C(=O)Nc2ccc(SC(C)C(=O)Nc3ccc(OC)c(Cl)c3)cc2)cc1. The van der Waals surface area contributed by atoms with Crippen molar-refractivity contribution >= 4 is 58.5 Å². The lowest BCUT2D eigenvalue weighted by molar-refractivity contribution is -0.115. The summed E-state index contributed by atoms with van der Waals surface area (Å²) in [6.07, 6.45) is 1.59. The smallest absolute Gasteiger partial charge is 0.272 e. The van der Waals surface area contributed by atoms with Gasteiger partial charge in [-0.15, -0.1) is 11.8 Å². The summed E-state index contributed by atoms with van der Waals surface area (Å²) in [5.41, 5.74) is 2.29. The second kappa shape index (κ2) is 14.9. The first kappa shape index (κ1) is 31.2. The fraction of sp³-hybridized carbons (Fsp3) is 0.121. The Bertz CT molecular complexity index is 1610. The fourth-order valence-electron chi connectivity index (χ4n) is 3.87. The number of thioether (sulfide) groups is 1. The summed E-state index contributed by atoms with van der Waals surface area (Å²) in [5, 5.41) is 8.41. The minimum atomic E-state index is -0.494. The van der Waals surface area contributed by atoms with E-state index >= 15 is 0 Å². The Morgan fingerprint density at radius 2 is 1.49 bits per heavy atom. The molecule has 0 aliphatic rings. The number of halogens is 1. The van der Waals surface area contributed by atoms with Gasteiger partial charge in [0.25, 0.3) is 11.8 Å². The molecule has 0 aromatic heterocycles. The van der Waals surface area contributed by atoms with E-state index in [9.17, 15) is 14.4 Å². The summed E-state index contributed by atoms with van der Waals surface area (Å²) < 4.78 is 10.4. The molecule has 0 aliphatic carbocycles. The predicted molar refractivity (Wildman–Crippen MR) is 172 cm³/mol. The molecule has 1 atom stereocenters. The number of hydrogen-bond acceptors (Lipinski definition) is 6. The van der Waals surface area contributed by atoms with Crippen LogP contribution in [0.25, 0.3) is 6.08 Å². The van der Waals surface area contributed by atoms with Gasteiger partial charge in [0.05, 0.1) is 24.5 Å². The van der Waals surface area contributed by atoms with Crippen molar-refractivity contribution in [2.45, 2.75) is 17.1 Å². The molecule has 0 heterocycles. The number of ether oxygens (including phenoxy) is 2. The third kappa shape index (κ3) is 8.88. The van der Waals surface area contributed by atoms with E-state index < -0.39 is 17.1 Å². The van der Waals surface area contributed by atoms with E-state index in [1.165, 1.54) is 18.9 Å². The van der Waals surface area contributed by atoms with Crippen LogP contribution in [0.15, 0.2) is 108 Å². The van der Waals surface area contributed by atoms with Crippen LogP contribution in [0, 0.1) is 0 Å². The summed E-state index contributed by atoms with van der Waals surface area (Å²) >= 11 is 7.52. The van der Waals surface area contributed by atoms with Crippen LogP contribution >= 0.6 is 23.4 Å². The summed E-state index contributed by atoms with van der Waals surface area (Å²) in [7, 11) is 3.10. The van der Waals surface area contributed by atoms with Crippen molar-refractivity contribution in [2.24, 2.45) is 0 Å². The van der Waals surface area contributed by atoms with E-state index in [2.05, 4.69) is 16.0 Å². The zero-order valence-corrected chi connectivity index (χ0v) is 25.3. The van der Waals surface area contributed by atoms with Crippen LogP contribution in [0.3, 0.4) is 0 Å². The van der Waals surface area contributed by atoms with Gasteiger partial charge in [-0.1, -0.05) is 41.9 Å². The van der Waals surface area contributed by atoms with E-state index in [4.69, 9.17) is 21.1 Å². The average Bonchev–Trinajstić information content (AvgIpc) is 3.02. The number of rotatable bonds is 11. The molecule has 4 aromatic rings. The Morgan fingerprint density at radius 3 is 2.12 bits per heavy atom. The molecule has 220 valence electrons. The first-order chi connectivity index (χ1) is 20.7. The van der Waals surface area contributed by atoms with Crippen LogP contribution in [-0.4, -0.2) is 37.2 Å². The van der Waals surface area contributed by atoms with E-state index in [-0.39, 0.29) is 11.6 Å². The first-order valence-corrected chi connectivity index (χ1v) is 14.5.